The summed E-state index contributed by atoms with van der Waals surface area (Å²) in [5.74, 6) is -0.202. The SMILES string of the molecule is COC(=O)C1CN(C(=O)C2CCCC2)CCN1C(=O)C1CCNCC1. The highest BCUT2D eigenvalue weighted by molar-refractivity contribution is 5.88. The topological polar surface area (TPSA) is 79.0 Å². The molecule has 2 heterocycles. The minimum Gasteiger partial charge on any atom is -0.467 e. The summed E-state index contributed by atoms with van der Waals surface area (Å²) >= 11 is 0. The number of esters is 1. The number of carbonyl (C=O) groups excluding carboxylic acids is 3. The van der Waals surface area contributed by atoms with Crippen LogP contribution in [-0.2, 0) is 19.1 Å². The lowest BCUT2D eigenvalue weighted by atomic mass is 9.95. The average Bonchev–Trinajstić information content (AvgIpc) is 3.21. The zero-order valence-electron chi connectivity index (χ0n) is 15.0. The number of rotatable bonds is 3. The standard InChI is InChI=1S/C18H29N3O4/c1-25-18(24)15-12-20(16(22)13-4-2-3-5-13)10-11-21(15)17(23)14-6-8-19-9-7-14/h13-15,19H,2-12H2,1H3. The molecule has 140 valence electrons. The van der Waals surface area contributed by atoms with E-state index in [-0.39, 0.29) is 30.2 Å². The molecule has 0 radical (unpaired) electrons. The molecule has 25 heavy (non-hydrogen) atoms. The Hall–Kier alpha value is -1.63. The van der Waals surface area contributed by atoms with Gasteiger partial charge in [0.15, 0.2) is 0 Å². The van der Waals surface area contributed by atoms with Crippen LogP contribution in [0.1, 0.15) is 38.5 Å². The number of ether oxygens (including phenoxy) is 1. The first-order valence-corrected chi connectivity index (χ1v) is 9.49. The van der Waals surface area contributed by atoms with Crippen LogP contribution < -0.4 is 5.32 Å². The minimum atomic E-state index is -0.675. The number of piperidine rings is 1. The molecule has 1 aliphatic carbocycles. The maximum Gasteiger partial charge on any atom is 0.330 e. The number of hydrogen-bond donors (Lipinski definition) is 1. The highest BCUT2D eigenvalue weighted by Gasteiger charge is 2.41. The molecule has 1 unspecified atom stereocenters. The molecular weight excluding hydrogens is 322 g/mol. The summed E-state index contributed by atoms with van der Waals surface area (Å²) in [6, 6.07) is -0.675. The van der Waals surface area contributed by atoms with E-state index in [0.29, 0.717) is 13.1 Å². The zero-order valence-corrected chi connectivity index (χ0v) is 15.0. The van der Waals surface area contributed by atoms with Crippen molar-refractivity contribution in [2.45, 2.75) is 44.6 Å². The Balaban J connectivity index is 1.68. The lowest BCUT2D eigenvalue weighted by molar-refractivity contribution is -0.161. The Bertz CT molecular complexity index is 512. The molecule has 3 aliphatic rings. The van der Waals surface area contributed by atoms with E-state index in [0.717, 1.165) is 51.6 Å². The summed E-state index contributed by atoms with van der Waals surface area (Å²) in [5.41, 5.74) is 0. The van der Waals surface area contributed by atoms with E-state index in [1.54, 1.807) is 9.80 Å². The maximum absolute atomic E-state index is 12.9. The van der Waals surface area contributed by atoms with Gasteiger partial charge in [-0.05, 0) is 38.8 Å². The molecule has 0 spiro atoms. The van der Waals surface area contributed by atoms with E-state index in [4.69, 9.17) is 4.74 Å². The van der Waals surface area contributed by atoms with Gasteiger partial charge in [0.05, 0.1) is 13.7 Å². The number of methoxy groups -OCH3 is 1. The number of hydrogen-bond acceptors (Lipinski definition) is 5. The van der Waals surface area contributed by atoms with E-state index < -0.39 is 12.0 Å². The van der Waals surface area contributed by atoms with Crippen molar-refractivity contribution in [3.8, 4) is 0 Å². The normalized spacial score (nSPS) is 25.9. The molecule has 2 amide bonds. The van der Waals surface area contributed by atoms with Gasteiger partial charge in [-0.1, -0.05) is 12.8 Å². The van der Waals surface area contributed by atoms with Crippen molar-refractivity contribution in [2.24, 2.45) is 11.8 Å². The second-order valence-corrected chi connectivity index (χ2v) is 7.36. The molecule has 7 heteroatoms. The van der Waals surface area contributed by atoms with Gasteiger partial charge in [-0.3, -0.25) is 9.59 Å². The number of amides is 2. The highest BCUT2D eigenvalue weighted by atomic mass is 16.5. The zero-order chi connectivity index (χ0) is 17.8. The molecule has 7 nitrogen and oxygen atoms in total. The van der Waals surface area contributed by atoms with Gasteiger partial charge in [0, 0.05) is 24.9 Å². The van der Waals surface area contributed by atoms with Crippen LogP contribution in [0, 0.1) is 11.8 Å². The Labute approximate surface area is 149 Å². The van der Waals surface area contributed by atoms with Gasteiger partial charge in [0.2, 0.25) is 11.8 Å². The van der Waals surface area contributed by atoms with Gasteiger partial charge >= 0.3 is 5.97 Å². The van der Waals surface area contributed by atoms with Crippen molar-refractivity contribution >= 4 is 17.8 Å². The van der Waals surface area contributed by atoms with Crippen LogP contribution in [-0.4, -0.2) is 73.5 Å². The Morgan fingerprint density at radius 2 is 1.56 bits per heavy atom. The second kappa shape index (κ2) is 8.17. The average molecular weight is 351 g/mol. The van der Waals surface area contributed by atoms with Gasteiger partial charge in [0.25, 0.3) is 0 Å². The summed E-state index contributed by atoms with van der Waals surface area (Å²) in [5, 5.41) is 3.26. The van der Waals surface area contributed by atoms with E-state index in [1.807, 2.05) is 0 Å². The monoisotopic (exact) mass is 351 g/mol. The van der Waals surface area contributed by atoms with Crippen molar-refractivity contribution in [2.75, 3.05) is 39.8 Å². The third-order valence-electron chi connectivity index (χ3n) is 5.84. The fourth-order valence-corrected chi connectivity index (χ4v) is 4.32. The Morgan fingerprint density at radius 1 is 0.920 bits per heavy atom. The fourth-order valence-electron chi connectivity index (χ4n) is 4.32. The van der Waals surface area contributed by atoms with Crippen LogP contribution in [0.15, 0.2) is 0 Å². The van der Waals surface area contributed by atoms with Crippen molar-refractivity contribution < 1.29 is 19.1 Å². The van der Waals surface area contributed by atoms with Crippen molar-refractivity contribution in [1.82, 2.24) is 15.1 Å². The molecule has 3 rings (SSSR count). The minimum absolute atomic E-state index is 0.0323. The van der Waals surface area contributed by atoms with Crippen LogP contribution in [0.4, 0.5) is 0 Å². The lowest BCUT2D eigenvalue weighted by Gasteiger charge is -2.42. The molecule has 0 aromatic carbocycles. The third kappa shape index (κ3) is 3.97. The molecule has 2 saturated heterocycles. The molecular formula is C18H29N3O4. The Morgan fingerprint density at radius 3 is 2.20 bits per heavy atom. The molecule has 0 bridgehead atoms. The van der Waals surface area contributed by atoms with Crippen molar-refractivity contribution in [3.63, 3.8) is 0 Å². The first-order valence-electron chi connectivity index (χ1n) is 9.49. The summed E-state index contributed by atoms with van der Waals surface area (Å²) in [6.45, 7) is 2.86. The van der Waals surface area contributed by atoms with E-state index in [9.17, 15) is 14.4 Å². The molecule has 0 aromatic heterocycles. The molecule has 1 N–H and O–H groups in total. The molecule has 0 aromatic rings. The molecule has 1 saturated carbocycles. The Kier molecular flexibility index (Phi) is 5.93. The van der Waals surface area contributed by atoms with Gasteiger partial charge in [-0.15, -0.1) is 0 Å². The fraction of sp³-hybridized carbons (Fsp3) is 0.833. The van der Waals surface area contributed by atoms with Crippen LogP contribution in [0.2, 0.25) is 0 Å². The van der Waals surface area contributed by atoms with E-state index in [2.05, 4.69) is 5.32 Å². The molecule has 3 fully saturated rings. The first-order chi connectivity index (χ1) is 12.1. The van der Waals surface area contributed by atoms with Crippen LogP contribution in [0.25, 0.3) is 0 Å². The third-order valence-corrected chi connectivity index (χ3v) is 5.84. The van der Waals surface area contributed by atoms with Crippen LogP contribution in [0.5, 0.6) is 0 Å². The maximum atomic E-state index is 12.9. The van der Waals surface area contributed by atoms with E-state index >= 15 is 0 Å². The number of nitrogens with one attached hydrogen (secondary N) is 1. The highest BCUT2D eigenvalue weighted by Crippen LogP contribution is 2.28. The summed E-state index contributed by atoms with van der Waals surface area (Å²) < 4.78 is 4.93. The summed E-state index contributed by atoms with van der Waals surface area (Å²) in [6.07, 6.45) is 5.68. The largest absolute Gasteiger partial charge is 0.467 e. The smallest absolute Gasteiger partial charge is 0.330 e. The number of piperazine rings is 1. The van der Waals surface area contributed by atoms with Crippen LogP contribution >= 0.6 is 0 Å². The quantitative estimate of drug-likeness (QED) is 0.744. The number of nitrogens with zero attached hydrogens (tertiary/aromatic N) is 2. The predicted octanol–water partition coefficient (Wildman–Crippen LogP) is 0.389. The second-order valence-electron chi connectivity index (χ2n) is 7.36. The van der Waals surface area contributed by atoms with Gasteiger partial charge < -0.3 is 19.9 Å². The summed E-state index contributed by atoms with van der Waals surface area (Å²) in [4.78, 5) is 41.3. The summed E-state index contributed by atoms with van der Waals surface area (Å²) in [7, 11) is 1.34. The molecule has 2 aliphatic heterocycles. The van der Waals surface area contributed by atoms with Crippen molar-refractivity contribution in [3.05, 3.63) is 0 Å². The van der Waals surface area contributed by atoms with Gasteiger partial charge in [0.1, 0.15) is 6.04 Å². The van der Waals surface area contributed by atoms with E-state index in [1.165, 1.54) is 7.11 Å². The first kappa shape index (κ1) is 18.2. The molecule has 1 atom stereocenters. The van der Waals surface area contributed by atoms with Gasteiger partial charge in [-0.2, -0.15) is 0 Å². The predicted molar refractivity (Wildman–Crippen MR) is 91.6 cm³/mol. The van der Waals surface area contributed by atoms with Crippen LogP contribution in [0.3, 0.4) is 0 Å². The number of carbonyl (C=O) groups is 3. The van der Waals surface area contributed by atoms with Gasteiger partial charge in [-0.25, -0.2) is 4.79 Å². The van der Waals surface area contributed by atoms with Crippen molar-refractivity contribution in [1.29, 1.82) is 0 Å². The lowest BCUT2D eigenvalue weighted by Crippen LogP contribution is -2.61.